The van der Waals surface area contributed by atoms with Crippen molar-refractivity contribution in [1.29, 1.82) is 0 Å². The standard InChI is InChI=1S/C19H20BrNO2/c20-16-9-10-18(23-13-14-5-2-1-3-6-14)15(11-16)12-19(22)21-17-7-4-8-17/h1-3,5-6,9-11,17H,4,7-8,12-13H2,(H,21,22). The van der Waals surface area contributed by atoms with E-state index in [1.54, 1.807) is 0 Å². The van der Waals surface area contributed by atoms with Gasteiger partial charge in [0.1, 0.15) is 12.4 Å². The molecule has 0 saturated heterocycles. The largest absolute Gasteiger partial charge is 0.489 e. The van der Waals surface area contributed by atoms with Crippen LogP contribution in [-0.4, -0.2) is 11.9 Å². The van der Waals surface area contributed by atoms with E-state index >= 15 is 0 Å². The first-order valence-electron chi connectivity index (χ1n) is 7.95. The highest BCUT2D eigenvalue weighted by Crippen LogP contribution is 2.25. The quantitative estimate of drug-likeness (QED) is 0.822. The third-order valence-electron chi connectivity index (χ3n) is 4.08. The monoisotopic (exact) mass is 373 g/mol. The molecule has 1 amide bonds. The molecule has 1 aliphatic carbocycles. The zero-order valence-electron chi connectivity index (χ0n) is 12.9. The normalized spacial score (nSPS) is 14.1. The van der Waals surface area contributed by atoms with E-state index in [0.717, 1.165) is 34.2 Å². The lowest BCUT2D eigenvalue weighted by atomic mass is 9.93. The predicted octanol–water partition coefficient (Wildman–Crippen LogP) is 4.24. The molecule has 0 unspecified atom stereocenters. The molecule has 120 valence electrons. The van der Waals surface area contributed by atoms with Gasteiger partial charge in [-0.2, -0.15) is 0 Å². The number of nitrogens with one attached hydrogen (secondary N) is 1. The third-order valence-corrected chi connectivity index (χ3v) is 4.57. The van der Waals surface area contributed by atoms with Gasteiger partial charge in [0.15, 0.2) is 0 Å². The molecule has 1 saturated carbocycles. The molecular weight excluding hydrogens is 354 g/mol. The van der Waals surface area contributed by atoms with E-state index in [4.69, 9.17) is 4.74 Å². The summed E-state index contributed by atoms with van der Waals surface area (Å²) >= 11 is 3.47. The lowest BCUT2D eigenvalue weighted by Crippen LogP contribution is -2.40. The summed E-state index contributed by atoms with van der Waals surface area (Å²) in [5, 5.41) is 3.08. The van der Waals surface area contributed by atoms with Crippen LogP contribution in [0, 0.1) is 0 Å². The average molecular weight is 374 g/mol. The Morgan fingerprint density at radius 3 is 2.65 bits per heavy atom. The Kier molecular flexibility index (Phi) is 5.34. The number of carbonyl (C=O) groups excluding carboxylic acids is 1. The molecule has 0 heterocycles. The van der Waals surface area contributed by atoms with Crippen LogP contribution >= 0.6 is 15.9 Å². The minimum atomic E-state index is 0.0670. The number of hydrogen-bond donors (Lipinski definition) is 1. The van der Waals surface area contributed by atoms with Crippen molar-refractivity contribution in [2.75, 3.05) is 0 Å². The van der Waals surface area contributed by atoms with Crippen LogP contribution < -0.4 is 10.1 Å². The molecule has 1 aliphatic rings. The minimum absolute atomic E-state index is 0.0670. The number of benzene rings is 2. The van der Waals surface area contributed by atoms with E-state index in [2.05, 4.69) is 21.2 Å². The Labute approximate surface area is 145 Å². The van der Waals surface area contributed by atoms with Crippen molar-refractivity contribution >= 4 is 21.8 Å². The van der Waals surface area contributed by atoms with E-state index in [0.29, 0.717) is 19.1 Å². The Balaban J connectivity index is 1.65. The van der Waals surface area contributed by atoms with Crippen LogP contribution in [0.5, 0.6) is 5.75 Å². The van der Waals surface area contributed by atoms with Crippen molar-refractivity contribution in [3.8, 4) is 5.75 Å². The summed E-state index contributed by atoms with van der Waals surface area (Å²) in [5.74, 6) is 0.832. The summed E-state index contributed by atoms with van der Waals surface area (Å²) in [6, 6.07) is 16.2. The number of hydrogen-bond acceptors (Lipinski definition) is 2. The molecule has 3 rings (SSSR count). The summed E-state index contributed by atoms with van der Waals surface area (Å²) in [5.41, 5.74) is 2.02. The van der Waals surface area contributed by atoms with E-state index < -0.39 is 0 Å². The number of ether oxygens (including phenoxy) is 1. The van der Waals surface area contributed by atoms with E-state index in [1.165, 1.54) is 6.42 Å². The van der Waals surface area contributed by atoms with Crippen molar-refractivity contribution in [2.24, 2.45) is 0 Å². The van der Waals surface area contributed by atoms with E-state index in [1.807, 2.05) is 48.5 Å². The highest BCUT2D eigenvalue weighted by atomic mass is 79.9. The number of amides is 1. The van der Waals surface area contributed by atoms with Crippen molar-refractivity contribution < 1.29 is 9.53 Å². The first kappa shape index (κ1) is 16.1. The molecule has 0 atom stereocenters. The van der Waals surface area contributed by atoms with E-state index in [9.17, 15) is 4.79 Å². The van der Waals surface area contributed by atoms with Crippen LogP contribution in [0.25, 0.3) is 0 Å². The van der Waals surface area contributed by atoms with Gasteiger partial charge in [-0.1, -0.05) is 46.3 Å². The second-order valence-corrected chi connectivity index (χ2v) is 6.81. The van der Waals surface area contributed by atoms with Gasteiger partial charge in [0.05, 0.1) is 6.42 Å². The third kappa shape index (κ3) is 4.58. The lowest BCUT2D eigenvalue weighted by Gasteiger charge is -2.26. The molecule has 2 aromatic carbocycles. The molecule has 0 spiro atoms. The van der Waals surface area contributed by atoms with E-state index in [-0.39, 0.29) is 5.91 Å². The van der Waals surface area contributed by atoms with Gasteiger partial charge in [-0.05, 0) is 43.0 Å². The van der Waals surface area contributed by atoms with Gasteiger partial charge < -0.3 is 10.1 Å². The lowest BCUT2D eigenvalue weighted by molar-refractivity contribution is -0.121. The number of rotatable bonds is 6. The molecular formula is C19H20BrNO2. The Morgan fingerprint density at radius 1 is 1.17 bits per heavy atom. The molecule has 1 fully saturated rings. The molecule has 0 bridgehead atoms. The van der Waals surface area contributed by atoms with Crippen molar-refractivity contribution in [2.45, 2.75) is 38.3 Å². The fraction of sp³-hybridized carbons (Fsp3) is 0.316. The van der Waals surface area contributed by atoms with Crippen molar-refractivity contribution in [3.05, 3.63) is 64.1 Å². The molecule has 1 N–H and O–H groups in total. The van der Waals surface area contributed by atoms with Gasteiger partial charge >= 0.3 is 0 Å². The van der Waals surface area contributed by atoms with Gasteiger partial charge in [0.2, 0.25) is 5.91 Å². The first-order valence-corrected chi connectivity index (χ1v) is 8.74. The van der Waals surface area contributed by atoms with Gasteiger partial charge in [0, 0.05) is 16.1 Å². The Bertz CT molecular complexity index is 668. The van der Waals surface area contributed by atoms with Crippen LogP contribution in [-0.2, 0) is 17.8 Å². The molecule has 0 aromatic heterocycles. The maximum absolute atomic E-state index is 12.2. The molecule has 0 radical (unpaired) electrons. The average Bonchev–Trinajstić information content (AvgIpc) is 2.51. The van der Waals surface area contributed by atoms with Gasteiger partial charge in [0.25, 0.3) is 0 Å². The SMILES string of the molecule is O=C(Cc1cc(Br)ccc1OCc1ccccc1)NC1CCC1. The topological polar surface area (TPSA) is 38.3 Å². The summed E-state index contributed by atoms with van der Waals surface area (Å²) in [6.45, 7) is 0.500. The zero-order chi connectivity index (χ0) is 16.1. The predicted molar refractivity (Wildman–Crippen MR) is 94.4 cm³/mol. The zero-order valence-corrected chi connectivity index (χ0v) is 14.5. The molecule has 2 aromatic rings. The van der Waals surface area contributed by atoms with Crippen LogP contribution in [0.2, 0.25) is 0 Å². The summed E-state index contributed by atoms with van der Waals surface area (Å²) < 4.78 is 6.88. The van der Waals surface area contributed by atoms with Crippen molar-refractivity contribution in [1.82, 2.24) is 5.32 Å². The fourth-order valence-corrected chi connectivity index (χ4v) is 2.98. The van der Waals surface area contributed by atoms with Crippen molar-refractivity contribution in [3.63, 3.8) is 0 Å². The van der Waals surface area contributed by atoms with Crippen LogP contribution in [0.1, 0.15) is 30.4 Å². The van der Waals surface area contributed by atoms with Crippen LogP contribution in [0.15, 0.2) is 53.0 Å². The molecule has 4 heteroatoms. The van der Waals surface area contributed by atoms with Gasteiger partial charge in [-0.15, -0.1) is 0 Å². The number of halogens is 1. The number of carbonyl (C=O) groups is 1. The molecule has 0 aliphatic heterocycles. The van der Waals surface area contributed by atoms with Crippen LogP contribution in [0.4, 0.5) is 0 Å². The highest BCUT2D eigenvalue weighted by Gasteiger charge is 2.20. The second kappa shape index (κ2) is 7.64. The fourth-order valence-electron chi connectivity index (χ4n) is 2.57. The Morgan fingerprint density at radius 2 is 1.96 bits per heavy atom. The maximum atomic E-state index is 12.2. The smallest absolute Gasteiger partial charge is 0.224 e. The van der Waals surface area contributed by atoms with Gasteiger partial charge in [-0.25, -0.2) is 0 Å². The summed E-state index contributed by atoms with van der Waals surface area (Å²) in [4.78, 5) is 12.2. The second-order valence-electron chi connectivity index (χ2n) is 5.90. The maximum Gasteiger partial charge on any atom is 0.224 e. The first-order chi connectivity index (χ1) is 11.2. The van der Waals surface area contributed by atoms with Crippen LogP contribution in [0.3, 0.4) is 0 Å². The Hall–Kier alpha value is -1.81. The summed E-state index contributed by atoms with van der Waals surface area (Å²) in [7, 11) is 0. The molecule has 3 nitrogen and oxygen atoms in total. The van der Waals surface area contributed by atoms with Gasteiger partial charge in [-0.3, -0.25) is 4.79 Å². The molecule has 23 heavy (non-hydrogen) atoms. The minimum Gasteiger partial charge on any atom is -0.489 e. The summed E-state index contributed by atoms with van der Waals surface area (Å²) in [6.07, 6.45) is 3.76. The highest BCUT2D eigenvalue weighted by molar-refractivity contribution is 9.10.